The van der Waals surface area contributed by atoms with Crippen LogP contribution >= 0.6 is 0 Å². The van der Waals surface area contributed by atoms with Gasteiger partial charge in [0.1, 0.15) is 6.04 Å². The maximum atomic E-state index is 12.7. The lowest BCUT2D eigenvalue weighted by molar-refractivity contribution is -0.121. The Bertz CT molecular complexity index is 760. The molecule has 0 saturated carbocycles. The lowest BCUT2D eigenvalue weighted by Crippen LogP contribution is -2.34. The lowest BCUT2D eigenvalue weighted by Gasteiger charge is -2.17. The first-order chi connectivity index (χ1) is 11.5. The van der Waals surface area contributed by atoms with Crippen molar-refractivity contribution in [1.82, 2.24) is 0 Å². The molecule has 0 spiro atoms. The number of benzene rings is 2. The normalized spacial score (nSPS) is 17.5. The smallest absolute Gasteiger partial charge is 0.256 e. The fraction of sp³-hybridized carbons (Fsp3) is 0.300. The molecule has 2 aromatic rings. The molecular weight excluding hydrogens is 300 g/mol. The summed E-state index contributed by atoms with van der Waals surface area (Å²) in [5.74, 6) is -0.350. The molecule has 4 nitrogen and oxygen atoms in total. The third-order valence-electron chi connectivity index (χ3n) is 4.31. The summed E-state index contributed by atoms with van der Waals surface area (Å²) >= 11 is 0. The standard InChI is InChI=1S/C20H22N2O2/c1-4-15-5-7-16(8-6-15)21-18-12-19(23)22(20(18)24)17-10-13(2)9-14(3)11-17/h5-11,18,21H,4,12H2,1-3H3. The van der Waals surface area contributed by atoms with Crippen molar-refractivity contribution >= 4 is 23.2 Å². The Kier molecular flexibility index (Phi) is 4.38. The molecule has 2 aromatic carbocycles. The van der Waals surface area contributed by atoms with Crippen molar-refractivity contribution in [2.24, 2.45) is 0 Å². The van der Waals surface area contributed by atoms with Crippen LogP contribution in [-0.4, -0.2) is 17.9 Å². The Morgan fingerprint density at radius 1 is 1.04 bits per heavy atom. The Labute approximate surface area is 142 Å². The van der Waals surface area contributed by atoms with E-state index in [1.807, 2.05) is 56.3 Å². The van der Waals surface area contributed by atoms with E-state index in [1.54, 1.807) is 0 Å². The zero-order chi connectivity index (χ0) is 17.3. The molecule has 0 aliphatic carbocycles. The molecule has 3 rings (SSSR count). The largest absolute Gasteiger partial charge is 0.373 e. The van der Waals surface area contributed by atoms with Gasteiger partial charge in [0.2, 0.25) is 5.91 Å². The highest BCUT2D eigenvalue weighted by Crippen LogP contribution is 2.27. The Hall–Kier alpha value is -2.62. The number of carbonyl (C=O) groups excluding carboxylic acids is 2. The number of amides is 2. The van der Waals surface area contributed by atoms with Crippen molar-refractivity contribution in [3.8, 4) is 0 Å². The summed E-state index contributed by atoms with van der Waals surface area (Å²) in [5.41, 5.74) is 4.84. The van der Waals surface area contributed by atoms with Gasteiger partial charge in [0.15, 0.2) is 0 Å². The summed E-state index contributed by atoms with van der Waals surface area (Å²) in [6, 6.07) is 13.2. The van der Waals surface area contributed by atoms with Crippen LogP contribution in [0, 0.1) is 13.8 Å². The second kappa shape index (κ2) is 6.48. The zero-order valence-corrected chi connectivity index (χ0v) is 14.3. The quantitative estimate of drug-likeness (QED) is 0.875. The molecule has 1 N–H and O–H groups in total. The van der Waals surface area contributed by atoms with Crippen molar-refractivity contribution in [3.63, 3.8) is 0 Å². The van der Waals surface area contributed by atoms with Crippen LogP contribution in [0.15, 0.2) is 42.5 Å². The first-order valence-corrected chi connectivity index (χ1v) is 8.28. The topological polar surface area (TPSA) is 49.4 Å². The fourth-order valence-electron chi connectivity index (χ4n) is 3.13. The monoisotopic (exact) mass is 322 g/mol. The average Bonchev–Trinajstić information content (AvgIpc) is 2.81. The highest BCUT2D eigenvalue weighted by Gasteiger charge is 2.39. The highest BCUT2D eigenvalue weighted by molar-refractivity contribution is 6.23. The average molecular weight is 322 g/mol. The second-order valence-corrected chi connectivity index (χ2v) is 6.36. The van der Waals surface area contributed by atoms with Gasteiger partial charge >= 0.3 is 0 Å². The molecule has 1 saturated heterocycles. The Balaban J connectivity index is 1.80. The molecule has 2 amide bonds. The number of hydrogen-bond donors (Lipinski definition) is 1. The molecule has 1 fully saturated rings. The molecule has 0 aromatic heterocycles. The first kappa shape index (κ1) is 16.2. The predicted molar refractivity (Wildman–Crippen MR) is 96.3 cm³/mol. The van der Waals surface area contributed by atoms with Crippen LogP contribution in [0.2, 0.25) is 0 Å². The van der Waals surface area contributed by atoms with Gasteiger partial charge in [0.25, 0.3) is 5.91 Å². The van der Waals surface area contributed by atoms with Gasteiger partial charge in [-0.05, 0) is 61.2 Å². The van der Waals surface area contributed by atoms with E-state index >= 15 is 0 Å². The summed E-state index contributed by atoms with van der Waals surface area (Å²) in [7, 11) is 0. The van der Waals surface area contributed by atoms with Gasteiger partial charge in [-0.25, -0.2) is 4.90 Å². The summed E-state index contributed by atoms with van der Waals surface area (Å²) in [5, 5.41) is 3.19. The lowest BCUT2D eigenvalue weighted by atomic mass is 10.1. The van der Waals surface area contributed by atoms with Gasteiger partial charge in [-0.1, -0.05) is 25.1 Å². The van der Waals surface area contributed by atoms with Crippen LogP contribution in [0.5, 0.6) is 0 Å². The number of carbonyl (C=O) groups is 2. The molecule has 1 aliphatic heterocycles. The molecular formula is C20H22N2O2. The van der Waals surface area contributed by atoms with Gasteiger partial charge in [-0.3, -0.25) is 9.59 Å². The van der Waals surface area contributed by atoms with Gasteiger partial charge in [-0.2, -0.15) is 0 Å². The minimum atomic E-state index is -0.509. The number of hydrogen-bond acceptors (Lipinski definition) is 3. The summed E-state index contributed by atoms with van der Waals surface area (Å²) in [4.78, 5) is 26.4. The third-order valence-corrected chi connectivity index (χ3v) is 4.31. The fourth-order valence-corrected chi connectivity index (χ4v) is 3.13. The van der Waals surface area contributed by atoms with Crippen molar-refractivity contribution in [3.05, 3.63) is 59.2 Å². The Morgan fingerprint density at radius 2 is 1.67 bits per heavy atom. The number of aryl methyl sites for hydroxylation is 3. The van der Waals surface area contributed by atoms with Crippen LogP contribution in [0.25, 0.3) is 0 Å². The SMILES string of the molecule is CCc1ccc(NC2CC(=O)N(c3cc(C)cc(C)c3)C2=O)cc1. The van der Waals surface area contributed by atoms with Crippen LogP contribution in [0.4, 0.5) is 11.4 Å². The maximum absolute atomic E-state index is 12.7. The number of imide groups is 1. The predicted octanol–water partition coefficient (Wildman–Crippen LogP) is 3.61. The molecule has 0 bridgehead atoms. The minimum absolute atomic E-state index is 0.160. The van der Waals surface area contributed by atoms with E-state index in [9.17, 15) is 9.59 Å². The second-order valence-electron chi connectivity index (χ2n) is 6.36. The molecule has 1 aliphatic rings. The van der Waals surface area contributed by atoms with E-state index in [0.29, 0.717) is 5.69 Å². The van der Waals surface area contributed by atoms with E-state index in [-0.39, 0.29) is 18.2 Å². The van der Waals surface area contributed by atoms with E-state index < -0.39 is 6.04 Å². The first-order valence-electron chi connectivity index (χ1n) is 8.28. The van der Waals surface area contributed by atoms with Crippen molar-refractivity contribution < 1.29 is 9.59 Å². The van der Waals surface area contributed by atoms with E-state index in [1.165, 1.54) is 10.5 Å². The van der Waals surface area contributed by atoms with Gasteiger partial charge < -0.3 is 5.32 Å². The van der Waals surface area contributed by atoms with Crippen LogP contribution in [0.3, 0.4) is 0 Å². The molecule has 124 valence electrons. The van der Waals surface area contributed by atoms with Crippen LogP contribution in [0.1, 0.15) is 30.0 Å². The van der Waals surface area contributed by atoms with Gasteiger partial charge in [0, 0.05) is 5.69 Å². The summed E-state index contributed by atoms with van der Waals surface area (Å²) in [6.45, 7) is 6.03. The zero-order valence-electron chi connectivity index (χ0n) is 14.3. The minimum Gasteiger partial charge on any atom is -0.373 e. The summed E-state index contributed by atoms with van der Waals surface area (Å²) < 4.78 is 0. The molecule has 0 radical (unpaired) electrons. The Morgan fingerprint density at radius 3 is 2.25 bits per heavy atom. The number of anilines is 2. The molecule has 1 heterocycles. The number of rotatable bonds is 4. The van der Waals surface area contributed by atoms with E-state index in [0.717, 1.165) is 23.2 Å². The maximum Gasteiger partial charge on any atom is 0.256 e. The third kappa shape index (κ3) is 3.18. The van der Waals surface area contributed by atoms with E-state index in [4.69, 9.17) is 0 Å². The van der Waals surface area contributed by atoms with Crippen LogP contribution < -0.4 is 10.2 Å². The molecule has 24 heavy (non-hydrogen) atoms. The highest BCUT2D eigenvalue weighted by atomic mass is 16.2. The van der Waals surface area contributed by atoms with E-state index in [2.05, 4.69) is 12.2 Å². The summed E-state index contributed by atoms with van der Waals surface area (Å²) in [6.07, 6.45) is 1.16. The van der Waals surface area contributed by atoms with Crippen LogP contribution in [-0.2, 0) is 16.0 Å². The number of nitrogens with zero attached hydrogens (tertiary/aromatic N) is 1. The molecule has 1 unspecified atom stereocenters. The van der Waals surface area contributed by atoms with Gasteiger partial charge in [0.05, 0.1) is 12.1 Å². The molecule has 1 atom stereocenters. The van der Waals surface area contributed by atoms with Crippen molar-refractivity contribution in [2.75, 3.05) is 10.2 Å². The number of nitrogens with one attached hydrogen (secondary N) is 1. The molecule has 4 heteroatoms. The van der Waals surface area contributed by atoms with Crippen molar-refractivity contribution in [1.29, 1.82) is 0 Å². The van der Waals surface area contributed by atoms with Gasteiger partial charge in [-0.15, -0.1) is 0 Å². The van der Waals surface area contributed by atoms with Crippen molar-refractivity contribution in [2.45, 2.75) is 39.7 Å².